The summed E-state index contributed by atoms with van der Waals surface area (Å²) in [5, 5.41) is 26.5. The van der Waals surface area contributed by atoms with Gasteiger partial charge in [0.25, 0.3) is 0 Å². The number of fused-ring (bicyclic) bond motifs is 1. The molecule has 2 heterocycles. The van der Waals surface area contributed by atoms with E-state index >= 15 is 0 Å². The molecule has 2 N–H and O–H groups in total. The molecule has 114 valence electrons. The van der Waals surface area contributed by atoms with Crippen molar-refractivity contribution in [1.82, 2.24) is 14.6 Å². The molecule has 0 aliphatic heterocycles. The summed E-state index contributed by atoms with van der Waals surface area (Å²) in [4.78, 5) is 5.22. The van der Waals surface area contributed by atoms with Gasteiger partial charge in [0.05, 0.1) is 5.69 Å². The number of halogens is 1. The van der Waals surface area contributed by atoms with Gasteiger partial charge in [0, 0.05) is 27.6 Å². The van der Waals surface area contributed by atoms with E-state index in [1.807, 2.05) is 17.5 Å². The van der Waals surface area contributed by atoms with E-state index < -0.39 is 0 Å². The van der Waals surface area contributed by atoms with E-state index in [4.69, 9.17) is 11.6 Å². The number of aromatic hydroxyl groups is 2. The maximum atomic E-state index is 10.0. The fourth-order valence-corrected chi connectivity index (χ4v) is 3.27. The van der Waals surface area contributed by atoms with Crippen molar-refractivity contribution >= 4 is 27.9 Å². The van der Waals surface area contributed by atoms with Crippen LogP contribution < -0.4 is 0 Å². The standard InChI is InChI=1S/C16H10ClN3O2S/c17-10-3-1-9(2-4-10)15-18-16-20(19-15)13(8-23-16)12-6-5-11(21)7-14(12)22/h1-8,21-22H. The highest BCUT2D eigenvalue weighted by atomic mass is 35.5. The minimum absolute atomic E-state index is 0.00626. The van der Waals surface area contributed by atoms with Crippen molar-refractivity contribution in [3.8, 4) is 34.1 Å². The Morgan fingerprint density at radius 2 is 1.83 bits per heavy atom. The van der Waals surface area contributed by atoms with Crippen LogP contribution in [0.3, 0.4) is 0 Å². The van der Waals surface area contributed by atoms with Crippen LogP contribution in [-0.2, 0) is 0 Å². The summed E-state index contributed by atoms with van der Waals surface area (Å²) in [6.07, 6.45) is 0. The van der Waals surface area contributed by atoms with Gasteiger partial charge in [-0.05, 0) is 36.4 Å². The molecule has 0 spiro atoms. The lowest BCUT2D eigenvalue weighted by Crippen LogP contribution is -1.89. The van der Waals surface area contributed by atoms with Crippen molar-refractivity contribution in [3.05, 3.63) is 52.9 Å². The lowest BCUT2D eigenvalue weighted by Gasteiger charge is -2.03. The van der Waals surface area contributed by atoms with Crippen molar-refractivity contribution in [1.29, 1.82) is 0 Å². The third-order valence-electron chi connectivity index (χ3n) is 3.44. The predicted molar refractivity (Wildman–Crippen MR) is 90.1 cm³/mol. The average Bonchev–Trinajstić information content (AvgIpc) is 3.09. The minimum atomic E-state index is -0.00626. The quantitative estimate of drug-likeness (QED) is 0.572. The summed E-state index contributed by atoms with van der Waals surface area (Å²) in [6.45, 7) is 0. The maximum Gasteiger partial charge on any atom is 0.213 e. The van der Waals surface area contributed by atoms with Crippen LogP contribution in [0.15, 0.2) is 47.8 Å². The molecule has 0 saturated carbocycles. The molecule has 0 aliphatic carbocycles. The first-order valence-corrected chi connectivity index (χ1v) is 8.00. The first kappa shape index (κ1) is 14.0. The molecule has 0 atom stereocenters. The second-order valence-corrected chi connectivity index (χ2v) is 6.23. The van der Waals surface area contributed by atoms with Crippen LogP contribution in [0.25, 0.3) is 27.6 Å². The highest BCUT2D eigenvalue weighted by Gasteiger charge is 2.15. The fraction of sp³-hybridized carbons (Fsp3) is 0. The van der Waals surface area contributed by atoms with E-state index in [1.165, 1.54) is 23.5 Å². The number of hydrogen-bond acceptors (Lipinski definition) is 5. The molecule has 0 bridgehead atoms. The van der Waals surface area contributed by atoms with Crippen molar-refractivity contribution in [3.63, 3.8) is 0 Å². The van der Waals surface area contributed by atoms with Crippen LogP contribution in [0.2, 0.25) is 5.02 Å². The summed E-state index contributed by atoms with van der Waals surface area (Å²) in [6, 6.07) is 11.8. The number of benzene rings is 2. The Morgan fingerprint density at radius 3 is 2.57 bits per heavy atom. The molecular weight excluding hydrogens is 334 g/mol. The van der Waals surface area contributed by atoms with Crippen LogP contribution >= 0.6 is 22.9 Å². The first-order valence-electron chi connectivity index (χ1n) is 6.74. The summed E-state index contributed by atoms with van der Waals surface area (Å²) in [5.74, 6) is 0.597. The molecule has 0 amide bonds. The van der Waals surface area contributed by atoms with Crippen molar-refractivity contribution in [2.24, 2.45) is 0 Å². The molecule has 0 radical (unpaired) electrons. The number of thiazole rings is 1. The first-order chi connectivity index (χ1) is 11.1. The minimum Gasteiger partial charge on any atom is -0.508 e. The topological polar surface area (TPSA) is 70.7 Å². The van der Waals surface area contributed by atoms with Gasteiger partial charge in [-0.3, -0.25) is 0 Å². The molecule has 4 rings (SSSR count). The van der Waals surface area contributed by atoms with Gasteiger partial charge in [0.15, 0.2) is 5.82 Å². The van der Waals surface area contributed by atoms with Crippen molar-refractivity contribution in [2.75, 3.05) is 0 Å². The Bertz CT molecular complexity index is 1010. The van der Waals surface area contributed by atoms with Gasteiger partial charge in [0.1, 0.15) is 11.5 Å². The molecule has 2 aromatic heterocycles. The lowest BCUT2D eigenvalue weighted by molar-refractivity contribution is 0.451. The maximum absolute atomic E-state index is 10.0. The van der Waals surface area contributed by atoms with Gasteiger partial charge in [0.2, 0.25) is 4.96 Å². The van der Waals surface area contributed by atoms with Gasteiger partial charge in [-0.1, -0.05) is 11.6 Å². The number of rotatable bonds is 2. The molecule has 0 saturated heterocycles. The second-order valence-electron chi connectivity index (χ2n) is 4.96. The molecule has 23 heavy (non-hydrogen) atoms. The molecule has 0 unspecified atom stereocenters. The van der Waals surface area contributed by atoms with E-state index in [2.05, 4.69) is 10.1 Å². The summed E-state index contributed by atoms with van der Waals surface area (Å²) < 4.78 is 1.68. The SMILES string of the molecule is Oc1ccc(-c2csc3nc(-c4ccc(Cl)cc4)nn23)c(O)c1. The number of hydrogen-bond donors (Lipinski definition) is 2. The van der Waals surface area contributed by atoms with Gasteiger partial charge in [-0.2, -0.15) is 4.98 Å². The zero-order valence-electron chi connectivity index (χ0n) is 11.6. The predicted octanol–water partition coefficient (Wildman–Crippen LogP) is 4.19. The van der Waals surface area contributed by atoms with Crippen LogP contribution in [0.1, 0.15) is 0 Å². The van der Waals surface area contributed by atoms with Crippen molar-refractivity contribution < 1.29 is 10.2 Å². The van der Waals surface area contributed by atoms with Crippen molar-refractivity contribution in [2.45, 2.75) is 0 Å². The largest absolute Gasteiger partial charge is 0.508 e. The zero-order valence-corrected chi connectivity index (χ0v) is 13.2. The Kier molecular flexibility index (Phi) is 3.21. The second kappa shape index (κ2) is 5.26. The molecule has 7 heteroatoms. The van der Waals surface area contributed by atoms with E-state index in [9.17, 15) is 10.2 Å². The molecule has 2 aromatic carbocycles. The van der Waals surface area contributed by atoms with E-state index in [-0.39, 0.29) is 11.5 Å². The van der Waals surface area contributed by atoms with Gasteiger partial charge >= 0.3 is 0 Å². The van der Waals surface area contributed by atoms with Crippen LogP contribution in [0.5, 0.6) is 11.5 Å². The zero-order chi connectivity index (χ0) is 16.0. The van der Waals surface area contributed by atoms with Gasteiger partial charge in [-0.25, -0.2) is 4.52 Å². The molecule has 4 aromatic rings. The third kappa shape index (κ3) is 2.42. The average molecular weight is 344 g/mol. The Morgan fingerprint density at radius 1 is 1.04 bits per heavy atom. The van der Waals surface area contributed by atoms with Crippen LogP contribution in [-0.4, -0.2) is 24.8 Å². The lowest BCUT2D eigenvalue weighted by atomic mass is 10.1. The molecule has 5 nitrogen and oxygen atoms in total. The number of nitrogens with zero attached hydrogens (tertiary/aromatic N) is 3. The molecule has 0 aliphatic rings. The van der Waals surface area contributed by atoms with Crippen LogP contribution in [0, 0.1) is 0 Å². The van der Waals surface area contributed by atoms with E-state index in [0.29, 0.717) is 16.4 Å². The van der Waals surface area contributed by atoms with E-state index in [1.54, 1.807) is 22.7 Å². The highest BCUT2D eigenvalue weighted by Crippen LogP contribution is 2.34. The Balaban J connectivity index is 1.85. The smallest absolute Gasteiger partial charge is 0.213 e. The highest BCUT2D eigenvalue weighted by molar-refractivity contribution is 7.15. The van der Waals surface area contributed by atoms with Gasteiger partial charge < -0.3 is 10.2 Å². The summed E-state index contributed by atoms with van der Waals surface area (Å²) in [5.41, 5.74) is 2.17. The summed E-state index contributed by atoms with van der Waals surface area (Å²) in [7, 11) is 0. The number of phenolic OH excluding ortho intramolecular Hbond substituents is 2. The normalized spacial score (nSPS) is 11.2. The molecule has 0 fully saturated rings. The Hall–Kier alpha value is -2.57. The van der Waals surface area contributed by atoms with Crippen LogP contribution in [0.4, 0.5) is 0 Å². The fourth-order valence-electron chi connectivity index (χ4n) is 2.32. The number of aromatic nitrogens is 3. The summed E-state index contributed by atoms with van der Waals surface area (Å²) >= 11 is 7.33. The van der Waals surface area contributed by atoms with Gasteiger partial charge in [-0.15, -0.1) is 16.4 Å². The van der Waals surface area contributed by atoms with E-state index in [0.717, 1.165) is 16.2 Å². The molecular formula is C16H10ClN3O2S. The Labute approximate surface area is 140 Å². The number of phenols is 2. The third-order valence-corrected chi connectivity index (χ3v) is 4.51. The monoisotopic (exact) mass is 343 g/mol.